The van der Waals surface area contributed by atoms with E-state index in [2.05, 4.69) is 17.2 Å². The number of anilines is 1. The van der Waals surface area contributed by atoms with Crippen molar-refractivity contribution in [3.05, 3.63) is 18.3 Å². The van der Waals surface area contributed by atoms with Crippen LogP contribution >= 0.6 is 0 Å². The lowest BCUT2D eigenvalue weighted by atomic mass is 9.96. The van der Waals surface area contributed by atoms with Crippen molar-refractivity contribution in [3.8, 4) is 5.88 Å². The van der Waals surface area contributed by atoms with Crippen LogP contribution in [0.15, 0.2) is 18.3 Å². The van der Waals surface area contributed by atoms with Gasteiger partial charge >= 0.3 is 0 Å². The fourth-order valence-electron chi connectivity index (χ4n) is 2.07. The number of nitrogens with zero attached hydrogens (tertiary/aromatic N) is 1. The normalized spacial score (nSPS) is 11.9. The zero-order chi connectivity index (χ0) is 14.8. The van der Waals surface area contributed by atoms with Crippen LogP contribution in [0.25, 0.3) is 0 Å². The van der Waals surface area contributed by atoms with E-state index in [1.54, 1.807) is 18.3 Å². The minimum absolute atomic E-state index is 0.00516. The van der Waals surface area contributed by atoms with Crippen molar-refractivity contribution in [1.82, 2.24) is 4.98 Å². The molecular weight excluding hydrogens is 254 g/mol. The van der Waals surface area contributed by atoms with Crippen LogP contribution in [0.5, 0.6) is 5.88 Å². The zero-order valence-electron chi connectivity index (χ0n) is 12.4. The number of ether oxygens (including phenoxy) is 1. The summed E-state index contributed by atoms with van der Waals surface area (Å²) in [6.45, 7) is 5.22. The first kappa shape index (κ1) is 16.4. The molecule has 5 heteroatoms. The summed E-state index contributed by atoms with van der Waals surface area (Å²) in [4.78, 5) is 16.1. The second kappa shape index (κ2) is 9.31. The number of rotatable bonds is 9. The Morgan fingerprint density at radius 2 is 2.25 bits per heavy atom. The maximum atomic E-state index is 12.0. The summed E-state index contributed by atoms with van der Waals surface area (Å²) in [5.74, 6) is 0.984. The molecule has 1 aromatic heterocycles. The largest absolute Gasteiger partial charge is 0.476 e. The third-order valence-electron chi connectivity index (χ3n) is 3.26. The Bertz CT molecular complexity index is 410. The highest BCUT2D eigenvalue weighted by molar-refractivity contribution is 5.91. The predicted octanol–water partition coefficient (Wildman–Crippen LogP) is 2.57. The fraction of sp³-hybridized carbons (Fsp3) is 0.600. The Kier molecular flexibility index (Phi) is 7.65. The van der Waals surface area contributed by atoms with E-state index in [0.29, 0.717) is 37.1 Å². The highest BCUT2D eigenvalue weighted by Crippen LogP contribution is 2.21. The van der Waals surface area contributed by atoms with E-state index in [0.717, 1.165) is 19.3 Å². The molecule has 0 aliphatic heterocycles. The fourth-order valence-corrected chi connectivity index (χ4v) is 2.07. The molecular formula is C15H25N3O2. The summed E-state index contributed by atoms with van der Waals surface area (Å²) < 4.78 is 5.38. The summed E-state index contributed by atoms with van der Waals surface area (Å²) in [6, 6.07) is 3.58. The van der Waals surface area contributed by atoms with Crippen LogP contribution in [0.1, 0.15) is 39.5 Å². The average molecular weight is 279 g/mol. The number of hydrogen-bond acceptors (Lipinski definition) is 4. The number of nitrogens with one attached hydrogen (secondary N) is 1. The molecule has 1 aromatic rings. The van der Waals surface area contributed by atoms with Gasteiger partial charge in [0.2, 0.25) is 11.8 Å². The number of amides is 1. The molecule has 0 aliphatic carbocycles. The van der Waals surface area contributed by atoms with Gasteiger partial charge in [-0.25, -0.2) is 4.98 Å². The van der Waals surface area contributed by atoms with Crippen LogP contribution in [0.4, 0.5) is 5.69 Å². The van der Waals surface area contributed by atoms with E-state index in [1.165, 1.54) is 0 Å². The minimum atomic E-state index is -0.00516. The van der Waals surface area contributed by atoms with Crippen molar-refractivity contribution in [2.45, 2.75) is 39.5 Å². The molecule has 0 bridgehead atoms. The van der Waals surface area contributed by atoms with Gasteiger partial charge in [0.15, 0.2) is 0 Å². The molecule has 0 aliphatic rings. The van der Waals surface area contributed by atoms with Crippen LogP contribution in [-0.2, 0) is 4.79 Å². The number of aromatic nitrogens is 1. The van der Waals surface area contributed by atoms with E-state index in [1.807, 2.05) is 6.92 Å². The lowest BCUT2D eigenvalue weighted by Gasteiger charge is -2.14. The Hall–Kier alpha value is -1.62. The molecule has 1 atom stereocenters. The monoisotopic (exact) mass is 279 g/mol. The molecule has 0 fully saturated rings. The summed E-state index contributed by atoms with van der Waals surface area (Å²) >= 11 is 0. The van der Waals surface area contributed by atoms with E-state index in [4.69, 9.17) is 10.5 Å². The van der Waals surface area contributed by atoms with Gasteiger partial charge in [-0.05, 0) is 44.4 Å². The van der Waals surface area contributed by atoms with Crippen LogP contribution < -0.4 is 15.8 Å². The van der Waals surface area contributed by atoms with Gasteiger partial charge in [-0.15, -0.1) is 0 Å². The van der Waals surface area contributed by atoms with Crippen LogP contribution in [0.3, 0.4) is 0 Å². The van der Waals surface area contributed by atoms with Crippen LogP contribution in [-0.4, -0.2) is 24.0 Å². The predicted molar refractivity (Wildman–Crippen MR) is 80.7 cm³/mol. The van der Waals surface area contributed by atoms with Gasteiger partial charge in [-0.1, -0.05) is 13.3 Å². The smallest absolute Gasteiger partial charge is 0.237 e. The maximum absolute atomic E-state index is 12.0. The van der Waals surface area contributed by atoms with Gasteiger partial charge in [0.1, 0.15) is 5.69 Å². The molecule has 1 heterocycles. The van der Waals surface area contributed by atoms with Crippen LogP contribution in [0.2, 0.25) is 0 Å². The highest BCUT2D eigenvalue weighted by atomic mass is 16.5. The molecule has 0 aromatic carbocycles. The van der Waals surface area contributed by atoms with Gasteiger partial charge in [0.25, 0.3) is 0 Å². The first-order valence-electron chi connectivity index (χ1n) is 7.28. The molecule has 0 saturated carbocycles. The third kappa shape index (κ3) is 5.57. The molecule has 112 valence electrons. The summed E-state index contributed by atoms with van der Waals surface area (Å²) in [7, 11) is 0. The summed E-state index contributed by atoms with van der Waals surface area (Å²) in [5, 5.41) is 2.86. The van der Waals surface area contributed by atoms with Crippen molar-refractivity contribution in [3.63, 3.8) is 0 Å². The molecule has 0 spiro atoms. The first-order chi connectivity index (χ1) is 9.71. The van der Waals surface area contributed by atoms with Crippen molar-refractivity contribution < 1.29 is 9.53 Å². The molecule has 20 heavy (non-hydrogen) atoms. The Balaban J connectivity index is 2.49. The van der Waals surface area contributed by atoms with Gasteiger partial charge in [0, 0.05) is 12.6 Å². The summed E-state index contributed by atoms with van der Waals surface area (Å²) in [5.41, 5.74) is 6.19. The maximum Gasteiger partial charge on any atom is 0.237 e. The van der Waals surface area contributed by atoms with Gasteiger partial charge in [-0.3, -0.25) is 4.79 Å². The second-order valence-electron chi connectivity index (χ2n) is 4.73. The Morgan fingerprint density at radius 1 is 1.45 bits per heavy atom. The van der Waals surface area contributed by atoms with Gasteiger partial charge in [0.05, 0.1) is 6.61 Å². The van der Waals surface area contributed by atoms with E-state index >= 15 is 0 Å². The third-order valence-corrected chi connectivity index (χ3v) is 3.26. The lowest BCUT2D eigenvalue weighted by Crippen LogP contribution is -2.16. The van der Waals surface area contributed by atoms with E-state index in [-0.39, 0.29) is 5.91 Å². The average Bonchev–Trinajstić information content (AvgIpc) is 2.46. The topological polar surface area (TPSA) is 77.2 Å². The molecule has 3 N–H and O–H groups in total. The van der Waals surface area contributed by atoms with Crippen molar-refractivity contribution >= 4 is 11.6 Å². The van der Waals surface area contributed by atoms with Gasteiger partial charge < -0.3 is 15.8 Å². The number of pyridine rings is 1. The van der Waals surface area contributed by atoms with E-state index in [9.17, 15) is 4.79 Å². The van der Waals surface area contributed by atoms with Crippen molar-refractivity contribution in [1.29, 1.82) is 0 Å². The Morgan fingerprint density at radius 3 is 2.90 bits per heavy atom. The molecule has 1 unspecified atom stereocenters. The molecule has 1 amide bonds. The first-order valence-corrected chi connectivity index (χ1v) is 7.28. The van der Waals surface area contributed by atoms with Crippen LogP contribution in [0, 0.1) is 5.92 Å². The number of hydrogen-bond donors (Lipinski definition) is 2. The molecule has 0 radical (unpaired) electrons. The minimum Gasteiger partial charge on any atom is -0.476 e. The van der Waals surface area contributed by atoms with Gasteiger partial charge in [-0.2, -0.15) is 0 Å². The second-order valence-corrected chi connectivity index (χ2v) is 4.73. The Labute approximate surface area is 120 Å². The van der Waals surface area contributed by atoms with E-state index < -0.39 is 0 Å². The standard InChI is InChI=1S/C15H25N3O2/c1-3-12(9-10-16)7-8-14(19)18-13-6-5-11-17-15(13)20-4-2/h5-6,11-12H,3-4,7-10,16H2,1-2H3,(H,18,19). The number of carbonyl (C=O) groups excluding carboxylic acids is 1. The highest BCUT2D eigenvalue weighted by Gasteiger charge is 2.11. The number of nitrogens with two attached hydrogens (primary N) is 1. The molecule has 0 saturated heterocycles. The summed E-state index contributed by atoms with van der Waals surface area (Å²) in [6.07, 6.45) is 5.04. The molecule has 1 rings (SSSR count). The van der Waals surface area contributed by atoms with Crippen molar-refractivity contribution in [2.24, 2.45) is 11.7 Å². The quantitative estimate of drug-likeness (QED) is 0.728. The number of carbonyl (C=O) groups is 1. The van der Waals surface area contributed by atoms with Crippen molar-refractivity contribution in [2.75, 3.05) is 18.5 Å². The zero-order valence-corrected chi connectivity index (χ0v) is 12.4. The SMILES string of the molecule is CCOc1ncccc1NC(=O)CCC(CC)CCN. The molecule has 5 nitrogen and oxygen atoms in total. The lowest BCUT2D eigenvalue weighted by molar-refractivity contribution is -0.116.